The Balaban J connectivity index is 2.13. The van der Waals surface area contributed by atoms with Crippen LogP contribution >= 0.6 is 0 Å². The number of methoxy groups -OCH3 is 1. The van der Waals surface area contributed by atoms with Crippen LogP contribution in [-0.2, 0) is 9.53 Å². The van der Waals surface area contributed by atoms with Crippen molar-refractivity contribution in [2.24, 2.45) is 0 Å². The standard InChI is InChI=1S/C18H17N3O4/c1-21(2)16-9-8-15(25-16)10-13(11-19)17(22)20-14-6-4-12(5-7-14)18(23)24-3/h4-10H,1-3H3,(H,20,22)/b13-10+. The van der Waals surface area contributed by atoms with Gasteiger partial charge in [0.05, 0.1) is 12.7 Å². The largest absolute Gasteiger partial charge is 0.465 e. The summed E-state index contributed by atoms with van der Waals surface area (Å²) < 4.78 is 10.1. The number of ether oxygens (including phenoxy) is 1. The molecule has 1 aromatic carbocycles. The van der Waals surface area contributed by atoms with Crippen LogP contribution in [0.2, 0.25) is 0 Å². The van der Waals surface area contributed by atoms with Gasteiger partial charge in [-0.3, -0.25) is 4.79 Å². The summed E-state index contributed by atoms with van der Waals surface area (Å²) in [6.45, 7) is 0. The van der Waals surface area contributed by atoms with Crippen molar-refractivity contribution in [3.63, 3.8) is 0 Å². The van der Waals surface area contributed by atoms with Gasteiger partial charge in [0.15, 0.2) is 5.88 Å². The predicted octanol–water partition coefficient (Wildman–Crippen LogP) is 2.68. The summed E-state index contributed by atoms with van der Waals surface area (Å²) in [5.41, 5.74) is 0.715. The second-order valence-corrected chi connectivity index (χ2v) is 5.26. The van der Waals surface area contributed by atoms with E-state index in [0.29, 0.717) is 22.9 Å². The minimum Gasteiger partial charge on any atom is -0.465 e. The van der Waals surface area contributed by atoms with Crippen LogP contribution in [0.15, 0.2) is 46.4 Å². The summed E-state index contributed by atoms with van der Waals surface area (Å²) in [7, 11) is 4.93. The number of nitrogens with one attached hydrogen (secondary N) is 1. The fourth-order valence-corrected chi connectivity index (χ4v) is 1.96. The molecule has 1 amide bonds. The van der Waals surface area contributed by atoms with Crippen LogP contribution in [0.25, 0.3) is 6.08 Å². The van der Waals surface area contributed by atoms with Gasteiger partial charge in [-0.2, -0.15) is 5.26 Å². The number of hydrogen-bond acceptors (Lipinski definition) is 6. The summed E-state index contributed by atoms with van der Waals surface area (Å²) >= 11 is 0. The zero-order chi connectivity index (χ0) is 18.4. The zero-order valence-electron chi connectivity index (χ0n) is 14.1. The number of nitriles is 1. The molecule has 1 heterocycles. The molecule has 2 rings (SSSR count). The van der Waals surface area contributed by atoms with Gasteiger partial charge in [-0.05, 0) is 30.3 Å². The molecule has 0 spiro atoms. The third-order valence-corrected chi connectivity index (χ3v) is 3.27. The van der Waals surface area contributed by atoms with E-state index in [4.69, 9.17) is 4.42 Å². The van der Waals surface area contributed by atoms with E-state index in [9.17, 15) is 14.9 Å². The minimum absolute atomic E-state index is 0.100. The highest BCUT2D eigenvalue weighted by Crippen LogP contribution is 2.19. The van der Waals surface area contributed by atoms with Gasteiger partial charge in [0, 0.05) is 31.9 Å². The van der Waals surface area contributed by atoms with Crippen molar-refractivity contribution in [1.29, 1.82) is 5.26 Å². The van der Waals surface area contributed by atoms with E-state index in [1.165, 1.54) is 25.3 Å². The van der Waals surface area contributed by atoms with E-state index in [0.717, 1.165) is 0 Å². The Kier molecular flexibility index (Phi) is 5.58. The van der Waals surface area contributed by atoms with Crippen LogP contribution in [0.4, 0.5) is 11.6 Å². The molecule has 0 unspecified atom stereocenters. The Bertz CT molecular complexity index is 842. The van der Waals surface area contributed by atoms with E-state index in [1.54, 1.807) is 29.2 Å². The number of rotatable bonds is 5. The molecule has 1 N–H and O–H groups in total. The predicted molar refractivity (Wildman–Crippen MR) is 93.0 cm³/mol. The number of benzene rings is 1. The molecular weight excluding hydrogens is 322 g/mol. The Hall–Kier alpha value is -3.53. The summed E-state index contributed by atoms with van der Waals surface area (Å²) in [5.74, 6) is -0.0279. The second kappa shape index (κ2) is 7.84. The lowest BCUT2D eigenvalue weighted by atomic mass is 10.2. The Morgan fingerprint density at radius 3 is 2.40 bits per heavy atom. The van der Waals surface area contributed by atoms with Gasteiger partial charge in [0.25, 0.3) is 5.91 Å². The van der Waals surface area contributed by atoms with Crippen LogP contribution in [0.1, 0.15) is 16.1 Å². The first-order valence-corrected chi connectivity index (χ1v) is 7.33. The lowest BCUT2D eigenvalue weighted by Crippen LogP contribution is -2.13. The molecule has 0 fully saturated rings. The summed E-state index contributed by atoms with van der Waals surface area (Å²) in [5, 5.41) is 11.8. The maximum absolute atomic E-state index is 12.2. The minimum atomic E-state index is -0.573. The van der Waals surface area contributed by atoms with Crippen molar-refractivity contribution in [3.8, 4) is 6.07 Å². The molecule has 1 aromatic heterocycles. The number of carbonyl (C=O) groups excluding carboxylic acids is 2. The maximum atomic E-state index is 12.2. The average Bonchev–Trinajstić information content (AvgIpc) is 3.08. The SMILES string of the molecule is COC(=O)c1ccc(NC(=O)/C(C#N)=C/c2ccc(N(C)C)o2)cc1. The number of anilines is 2. The van der Waals surface area contributed by atoms with E-state index >= 15 is 0 Å². The average molecular weight is 339 g/mol. The highest BCUT2D eigenvalue weighted by Gasteiger charge is 2.12. The highest BCUT2D eigenvalue weighted by molar-refractivity contribution is 6.09. The topological polar surface area (TPSA) is 95.6 Å². The molecule has 7 nitrogen and oxygen atoms in total. The lowest BCUT2D eigenvalue weighted by Gasteiger charge is -2.06. The zero-order valence-corrected chi connectivity index (χ0v) is 14.1. The molecule has 0 saturated heterocycles. The third-order valence-electron chi connectivity index (χ3n) is 3.27. The van der Waals surface area contributed by atoms with E-state index in [-0.39, 0.29) is 5.57 Å². The number of furan rings is 1. The first-order valence-electron chi connectivity index (χ1n) is 7.33. The quantitative estimate of drug-likeness (QED) is 0.511. The summed E-state index contributed by atoms with van der Waals surface area (Å²) in [6, 6.07) is 11.4. The van der Waals surface area contributed by atoms with Gasteiger partial charge in [0.2, 0.25) is 0 Å². The van der Waals surface area contributed by atoms with Crippen molar-refractivity contribution < 1.29 is 18.7 Å². The maximum Gasteiger partial charge on any atom is 0.337 e. The van der Waals surface area contributed by atoms with Gasteiger partial charge in [0.1, 0.15) is 17.4 Å². The molecule has 0 aliphatic rings. The molecule has 0 aliphatic carbocycles. The first kappa shape index (κ1) is 17.8. The van der Waals surface area contributed by atoms with E-state index in [1.807, 2.05) is 20.2 Å². The Morgan fingerprint density at radius 2 is 1.88 bits per heavy atom. The van der Waals surface area contributed by atoms with Gasteiger partial charge >= 0.3 is 5.97 Å². The number of hydrogen-bond donors (Lipinski definition) is 1. The van der Waals surface area contributed by atoms with E-state index < -0.39 is 11.9 Å². The fraction of sp³-hybridized carbons (Fsp3) is 0.167. The molecule has 0 radical (unpaired) electrons. The van der Waals surface area contributed by atoms with E-state index in [2.05, 4.69) is 10.1 Å². The Morgan fingerprint density at radius 1 is 1.20 bits per heavy atom. The highest BCUT2D eigenvalue weighted by atomic mass is 16.5. The molecular formula is C18H17N3O4. The van der Waals surface area contributed by atoms with Crippen molar-refractivity contribution in [3.05, 3.63) is 53.3 Å². The molecule has 0 atom stereocenters. The van der Waals surface area contributed by atoms with Crippen LogP contribution in [0.3, 0.4) is 0 Å². The van der Waals surface area contributed by atoms with Crippen LogP contribution in [0.5, 0.6) is 0 Å². The van der Waals surface area contributed by atoms with Crippen LogP contribution in [-0.4, -0.2) is 33.1 Å². The monoisotopic (exact) mass is 339 g/mol. The smallest absolute Gasteiger partial charge is 0.337 e. The van der Waals surface area contributed by atoms with Crippen molar-refractivity contribution in [1.82, 2.24) is 0 Å². The molecule has 2 aromatic rings. The van der Waals surface area contributed by atoms with Crippen LogP contribution in [0, 0.1) is 11.3 Å². The summed E-state index contributed by atoms with van der Waals surface area (Å²) in [6.07, 6.45) is 1.37. The normalized spacial score (nSPS) is 10.7. The number of nitrogens with zero attached hydrogens (tertiary/aromatic N) is 2. The van der Waals surface area contributed by atoms with Gasteiger partial charge in [-0.25, -0.2) is 4.79 Å². The van der Waals surface area contributed by atoms with Crippen molar-refractivity contribution in [2.75, 3.05) is 31.4 Å². The second-order valence-electron chi connectivity index (χ2n) is 5.26. The van der Waals surface area contributed by atoms with Gasteiger partial charge in [-0.1, -0.05) is 0 Å². The first-order chi connectivity index (χ1) is 11.9. The molecule has 0 saturated carbocycles. The molecule has 7 heteroatoms. The molecule has 0 bridgehead atoms. The number of carbonyl (C=O) groups is 2. The molecule has 0 aliphatic heterocycles. The third kappa shape index (κ3) is 4.48. The molecule has 128 valence electrons. The number of amides is 1. The Labute approximate surface area is 145 Å². The lowest BCUT2D eigenvalue weighted by molar-refractivity contribution is -0.112. The van der Waals surface area contributed by atoms with Crippen molar-refractivity contribution in [2.45, 2.75) is 0 Å². The number of esters is 1. The van der Waals surface area contributed by atoms with Gasteiger partial charge in [-0.15, -0.1) is 0 Å². The van der Waals surface area contributed by atoms with Crippen molar-refractivity contribution >= 4 is 29.5 Å². The van der Waals surface area contributed by atoms with Gasteiger partial charge < -0.3 is 19.4 Å². The fourth-order valence-electron chi connectivity index (χ4n) is 1.96. The van der Waals surface area contributed by atoms with Crippen LogP contribution < -0.4 is 10.2 Å². The summed E-state index contributed by atoms with van der Waals surface area (Å²) in [4.78, 5) is 25.4. The molecule has 25 heavy (non-hydrogen) atoms.